The molecule has 0 saturated heterocycles. The first-order valence-electron chi connectivity index (χ1n) is 4.14. The number of halogens is 2. The molecule has 0 bridgehead atoms. The van der Waals surface area contributed by atoms with Gasteiger partial charge in [-0.25, -0.2) is 9.78 Å². The number of aromatic nitrogens is 1. The van der Waals surface area contributed by atoms with Crippen LogP contribution in [0.5, 0.6) is 0 Å². The van der Waals surface area contributed by atoms with Gasteiger partial charge in [-0.3, -0.25) is 0 Å². The summed E-state index contributed by atoms with van der Waals surface area (Å²) in [6, 6.07) is 3.03. The molecule has 1 aromatic rings. The third kappa shape index (κ3) is 2.86. The minimum atomic E-state index is -0.542. The predicted octanol–water partition coefficient (Wildman–Crippen LogP) is 2.96. The van der Waals surface area contributed by atoms with Gasteiger partial charge in [-0.15, -0.1) is 0 Å². The molecule has 14 heavy (non-hydrogen) atoms. The molecule has 5 heteroatoms. The molecular formula is C9H9Cl2NO2. The maximum Gasteiger partial charge on any atom is 0.358 e. The van der Waals surface area contributed by atoms with E-state index in [1.54, 1.807) is 0 Å². The molecule has 3 nitrogen and oxygen atoms in total. The SMILES string of the molecule is CCCOC(=O)c1nc(Cl)ccc1Cl. The lowest BCUT2D eigenvalue weighted by molar-refractivity contribution is 0.0498. The van der Waals surface area contributed by atoms with Crippen LogP contribution in [0.2, 0.25) is 10.2 Å². The first kappa shape index (κ1) is 11.3. The monoisotopic (exact) mass is 233 g/mol. The van der Waals surface area contributed by atoms with Crippen molar-refractivity contribution in [1.29, 1.82) is 0 Å². The molecule has 0 aliphatic carbocycles. The maximum absolute atomic E-state index is 11.3. The maximum atomic E-state index is 11.3. The van der Waals surface area contributed by atoms with E-state index in [2.05, 4.69) is 4.98 Å². The van der Waals surface area contributed by atoms with Gasteiger partial charge in [0, 0.05) is 0 Å². The van der Waals surface area contributed by atoms with Crippen molar-refractivity contribution in [2.45, 2.75) is 13.3 Å². The second-order valence-corrected chi connectivity index (χ2v) is 3.39. The molecular weight excluding hydrogens is 225 g/mol. The Morgan fingerprint density at radius 3 is 2.86 bits per heavy atom. The van der Waals surface area contributed by atoms with Crippen LogP contribution in [0.15, 0.2) is 12.1 Å². The van der Waals surface area contributed by atoms with E-state index in [4.69, 9.17) is 27.9 Å². The molecule has 0 aliphatic rings. The zero-order chi connectivity index (χ0) is 10.6. The Kier molecular flexibility index (Phi) is 4.17. The summed E-state index contributed by atoms with van der Waals surface area (Å²) in [4.78, 5) is 15.1. The van der Waals surface area contributed by atoms with E-state index in [0.29, 0.717) is 6.61 Å². The van der Waals surface area contributed by atoms with E-state index in [1.807, 2.05) is 6.92 Å². The van der Waals surface area contributed by atoms with Gasteiger partial charge in [0.25, 0.3) is 0 Å². The summed E-state index contributed by atoms with van der Waals surface area (Å²) >= 11 is 11.4. The summed E-state index contributed by atoms with van der Waals surface area (Å²) in [5.74, 6) is -0.542. The number of rotatable bonds is 3. The number of carbonyl (C=O) groups is 1. The fraction of sp³-hybridized carbons (Fsp3) is 0.333. The summed E-state index contributed by atoms with van der Waals surface area (Å²) in [5, 5.41) is 0.466. The topological polar surface area (TPSA) is 39.2 Å². The molecule has 0 saturated carbocycles. The summed E-state index contributed by atoms with van der Waals surface area (Å²) in [7, 11) is 0. The molecule has 0 atom stereocenters. The average Bonchev–Trinajstić information content (AvgIpc) is 2.18. The van der Waals surface area contributed by atoms with E-state index in [1.165, 1.54) is 12.1 Å². The Bertz CT molecular complexity index is 342. The van der Waals surface area contributed by atoms with E-state index in [-0.39, 0.29) is 15.9 Å². The molecule has 0 radical (unpaired) electrons. The van der Waals surface area contributed by atoms with Gasteiger partial charge in [0.15, 0.2) is 5.69 Å². The van der Waals surface area contributed by atoms with Crippen molar-refractivity contribution in [2.75, 3.05) is 6.61 Å². The highest BCUT2D eigenvalue weighted by Gasteiger charge is 2.13. The van der Waals surface area contributed by atoms with E-state index in [0.717, 1.165) is 6.42 Å². The minimum absolute atomic E-state index is 0.0626. The first-order chi connectivity index (χ1) is 6.65. The van der Waals surface area contributed by atoms with Crippen LogP contribution in [0.4, 0.5) is 0 Å². The van der Waals surface area contributed by atoms with Gasteiger partial charge in [0.1, 0.15) is 5.15 Å². The van der Waals surface area contributed by atoms with Gasteiger partial charge < -0.3 is 4.74 Å². The Hall–Kier alpha value is -0.800. The lowest BCUT2D eigenvalue weighted by atomic mass is 10.3. The average molecular weight is 234 g/mol. The second kappa shape index (κ2) is 5.17. The molecule has 0 amide bonds. The van der Waals surface area contributed by atoms with Gasteiger partial charge in [0.05, 0.1) is 11.6 Å². The Balaban J connectivity index is 2.83. The normalized spacial score (nSPS) is 9.93. The van der Waals surface area contributed by atoms with Crippen molar-refractivity contribution >= 4 is 29.2 Å². The summed E-state index contributed by atoms with van der Waals surface area (Å²) in [6.45, 7) is 2.25. The number of nitrogens with zero attached hydrogens (tertiary/aromatic N) is 1. The van der Waals surface area contributed by atoms with Crippen LogP contribution < -0.4 is 0 Å². The van der Waals surface area contributed by atoms with Crippen LogP contribution in [0.3, 0.4) is 0 Å². The smallest absolute Gasteiger partial charge is 0.358 e. The Morgan fingerprint density at radius 1 is 1.50 bits per heavy atom. The Morgan fingerprint density at radius 2 is 2.21 bits per heavy atom. The number of pyridine rings is 1. The Labute approximate surface area is 92.0 Å². The van der Waals surface area contributed by atoms with Crippen LogP contribution in [0.25, 0.3) is 0 Å². The summed E-state index contributed by atoms with van der Waals surface area (Å²) < 4.78 is 4.87. The van der Waals surface area contributed by atoms with E-state index in [9.17, 15) is 4.79 Å². The molecule has 0 N–H and O–H groups in total. The highest BCUT2D eigenvalue weighted by atomic mass is 35.5. The zero-order valence-corrected chi connectivity index (χ0v) is 9.10. The predicted molar refractivity (Wildman–Crippen MR) is 54.8 cm³/mol. The van der Waals surface area contributed by atoms with Crippen LogP contribution in [-0.4, -0.2) is 17.6 Å². The number of esters is 1. The van der Waals surface area contributed by atoms with Crippen molar-refractivity contribution in [1.82, 2.24) is 4.98 Å². The van der Waals surface area contributed by atoms with E-state index >= 15 is 0 Å². The van der Waals surface area contributed by atoms with Gasteiger partial charge in [-0.2, -0.15) is 0 Å². The van der Waals surface area contributed by atoms with Gasteiger partial charge in [-0.05, 0) is 18.6 Å². The number of ether oxygens (including phenoxy) is 1. The lowest BCUT2D eigenvalue weighted by Crippen LogP contribution is -2.08. The fourth-order valence-electron chi connectivity index (χ4n) is 0.825. The molecule has 0 spiro atoms. The van der Waals surface area contributed by atoms with Crippen molar-refractivity contribution in [3.8, 4) is 0 Å². The summed E-state index contributed by atoms with van der Waals surface area (Å²) in [6.07, 6.45) is 0.754. The molecule has 1 rings (SSSR count). The fourth-order valence-corrected chi connectivity index (χ4v) is 1.15. The van der Waals surface area contributed by atoms with Crippen LogP contribution >= 0.6 is 23.2 Å². The second-order valence-electron chi connectivity index (χ2n) is 2.60. The zero-order valence-electron chi connectivity index (χ0n) is 7.59. The van der Waals surface area contributed by atoms with Crippen LogP contribution in [-0.2, 0) is 4.74 Å². The quantitative estimate of drug-likeness (QED) is 0.596. The molecule has 0 unspecified atom stereocenters. The number of hydrogen-bond acceptors (Lipinski definition) is 3. The number of hydrogen-bond donors (Lipinski definition) is 0. The first-order valence-corrected chi connectivity index (χ1v) is 4.90. The van der Waals surface area contributed by atoms with Crippen molar-refractivity contribution in [2.24, 2.45) is 0 Å². The summed E-state index contributed by atoms with van der Waals surface area (Å²) in [5.41, 5.74) is 0.0626. The molecule has 0 fully saturated rings. The van der Waals surface area contributed by atoms with Crippen LogP contribution in [0.1, 0.15) is 23.8 Å². The third-order valence-electron chi connectivity index (χ3n) is 1.44. The van der Waals surface area contributed by atoms with Gasteiger partial charge >= 0.3 is 5.97 Å². The van der Waals surface area contributed by atoms with Crippen molar-refractivity contribution < 1.29 is 9.53 Å². The minimum Gasteiger partial charge on any atom is -0.461 e. The van der Waals surface area contributed by atoms with E-state index < -0.39 is 5.97 Å². The van der Waals surface area contributed by atoms with Crippen molar-refractivity contribution in [3.63, 3.8) is 0 Å². The van der Waals surface area contributed by atoms with Crippen molar-refractivity contribution in [3.05, 3.63) is 28.0 Å². The molecule has 1 heterocycles. The third-order valence-corrected chi connectivity index (χ3v) is 1.96. The molecule has 76 valence electrons. The lowest BCUT2D eigenvalue weighted by Gasteiger charge is -2.03. The highest BCUT2D eigenvalue weighted by Crippen LogP contribution is 2.17. The molecule has 1 aromatic heterocycles. The molecule has 0 aliphatic heterocycles. The van der Waals surface area contributed by atoms with Gasteiger partial charge in [-0.1, -0.05) is 30.1 Å². The van der Waals surface area contributed by atoms with Gasteiger partial charge in [0.2, 0.25) is 0 Å². The molecule has 0 aromatic carbocycles. The highest BCUT2D eigenvalue weighted by molar-refractivity contribution is 6.34. The largest absolute Gasteiger partial charge is 0.461 e. The number of carbonyl (C=O) groups excluding carboxylic acids is 1. The standard InChI is InChI=1S/C9H9Cl2NO2/c1-2-5-14-9(13)8-6(10)3-4-7(11)12-8/h3-4H,2,5H2,1H3. The van der Waals surface area contributed by atoms with Crippen LogP contribution in [0, 0.1) is 0 Å².